The number of amides is 3. The summed E-state index contributed by atoms with van der Waals surface area (Å²) >= 11 is 1.66. The topological polar surface area (TPSA) is 84.2 Å². The standard InChI is InChI=1S/C12H19N3O2S/c1-12(2,10(13)16)8-15-11(17)14-6-5-9-4-3-7-18-9/h3-4,7H,5-6,8H2,1-2H3,(H2,13,16)(H2,14,15,17). The summed E-state index contributed by atoms with van der Waals surface area (Å²) in [4.78, 5) is 23.8. The van der Waals surface area contributed by atoms with Gasteiger partial charge in [0.2, 0.25) is 5.91 Å². The van der Waals surface area contributed by atoms with Gasteiger partial charge in [0.1, 0.15) is 0 Å². The van der Waals surface area contributed by atoms with Crippen molar-refractivity contribution >= 4 is 23.3 Å². The normalized spacial score (nSPS) is 11.0. The third-order valence-electron chi connectivity index (χ3n) is 2.59. The summed E-state index contributed by atoms with van der Waals surface area (Å²) in [7, 11) is 0. The highest BCUT2D eigenvalue weighted by molar-refractivity contribution is 7.09. The molecule has 0 aromatic carbocycles. The van der Waals surface area contributed by atoms with Gasteiger partial charge in [-0.3, -0.25) is 4.79 Å². The highest BCUT2D eigenvalue weighted by Gasteiger charge is 2.25. The Morgan fingerprint density at radius 2 is 2.11 bits per heavy atom. The van der Waals surface area contributed by atoms with Crippen molar-refractivity contribution in [2.24, 2.45) is 11.1 Å². The second kappa shape index (κ2) is 6.39. The largest absolute Gasteiger partial charge is 0.369 e. The molecule has 0 aliphatic carbocycles. The van der Waals surface area contributed by atoms with E-state index in [0.717, 1.165) is 6.42 Å². The van der Waals surface area contributed by atoms with Crippen LogP contribution < -0.4 is 16.4 Å². The minimum atomic E-state index is -0.731. The maximum absolute atomic E-state index is 11.5. The summed E-state index contributed by atoms with van der Waals surface area (Å²) in [6.45, 7) is 4.19. The lowest BCUT2D eigenvalue weighted by Gasteiger charge is -2.20. The fourth-order valence-electron chi connectivity index (χ4n) is 1.20. The first kappa shape index (κ1) is 14.5. The predicted molar refractivity (Wildman–Crippen MR) is 72.4 cm³/mol. The molecule has 1 aromatic heterocycles. The van der Waals surface area contributed by atoms with E-state index in [1.807, 2.05) is 17.5 Å². The number of thiophene rings is 1. The van der Waals surface area contributed by atoms with Gasteiger partial charge in [-0.2, -0.15) is 0 Å². The van der Waals surface area contributed by atoms with Crippen LogP contribution in [0.4, 0.5) is 4.79 Å². The maximum atomic E-state index is 11.5. The van der Waals surface area contributed by atoms with Gasteiger partial charge in [0, 0.05) is 18.0 Å². The molecule has 18 heavy (non-hydrogen) atoms. The second-order valence-corrected chi connectivity index (χ2v) is 5.72. The highest BCUT2D eigenvalue weighted by Crippen LogP contribution is 2.11. The Hall–Kier alpha value is -1.56. The quantitative estimate of drug-likeness (QED) is 0.722. The molecule has 0 saturated carbocycles. The molecule has 100 valence electrons. The number of rotatable bonds is 6. The van der Waals surface area contributed by atoms with E-state index >= 15 is 0 Å². The van der Waals surface area contributed by atoms with Gasteiger partial charge in [0.25, 0.3) is 0 Å². The fourth-order valence-corrected chi connectivity index (χ4v) is 1.91. The molecule has 0 spiro atoms. The van der Waals surface area contributed by atoms with Gasteiger partial charge in [-0.05, 0) is 31.7 Å². The monoisotopic (exact) mass is 269 g/mol. The van der Waals surface area contributed by atoms with Crippen molar-refractivity contribution in [1.29, 1.82) is 0 Å². The second-order valence-electron chi connectivity index (χ2n) is 4.69. The molecule has 0 unspecified atom stereocenters. The number of primary amides is 1. The summed E-state index contributed by atoms with van der Waals surface area (Å²) in [5, 5.41) is 7.38. The van der Waals surface area contributed by atoms with E-state index in [0.29, 0.717) is 6.54 Å². The number of urea groups is 1. The summed E-state index contributed by atoms with van der Waals surface area (Å²) in [5.74, 6) is -0.429. The van der Waals surface area contributed by atoms with Crippen molar-refractivity contribution in [3.05, 3.63) is 22.4 Å². The van der Waals surface area contributed by atoms with Gasteiger partial charge in [0.15, 0.2) is 0 Å². The average molecular weight is 269 g/mol. The maximum Gasteiger partial charge on any atom is 0.314 e. The average Bonchev–Trinajstić information content (AvgIpc) is 2.79. The molecule has 5 nitrogen and oxygen atoms in total. The van der Waals surface area contributed by atoms with Gasteiger partial charge in [0.05, 0.1) is 5.41 Å². The first-order valence-corrected chi connectivity index (χ1v) is 6.64. The summed E-state index contributed by atoms with van der Waals surface area (Å²) < 4.78 is 0. The lowest BCUT2D eigenvalue weighted by atomic mass is 9.93. The van der Waals surface area contributed by atoms with Crippen molar-refractivity contribution in [2.75, 3.05) is 13.1 Å². The first-order valence-electron chi connectivity index (χ1n) is 5.76. The van der Waals surface area contributed by atoms with E-state index in [9.17, 15) is 9.59 Å². The number of hydrogen-bond donors (Lipinski definition) is 3. The first-order chi connectivity index (χ1) is 8.42. The van der Waals surface area contributed by atoms with Crippen molar-refractivity contribution in [3.8, 4) is 0 Å². The van der Waals surface area contributed by atoms with Crippen LogP contribution >= 0.6 is 11.3 Å². The fraction of sp³-hybridized carbons (Fsp3) is 0.500. The third kappa shape index (κ3) is 4.75. The lowest BCUT2D eigenvalue weighted by molar-refractivity contribution is -0.125. The minimum absolute atomic E-state index is 0.229. The van der Waals surface area contributed by atoms with Crippen LogP contribution in [0.15, 0.2) is 17.5 Å². The Morgan fingerprint density at radius 1 is 1.39 bits per heavy atom. The molecule has 0 aliphatic heterocycles. The Kier molecular flexibility index (Phi) is 5.15. The molecule has 0 bridgehead atoms. The van der Waals surface area contributed by atoms with Crippen LogP contribution in [0.2, 0.25) is 0 Å². The molecule has 1 aromatic rings. The van der Waals surface area contributed by atoms with Crippen molar-refractivity contribution in [2.45, 2.75) is 20.3 Å². The lowest BCUT2D eigenvalue weighted by Crippen LogP contribution is -2.46. The molecule has 6 heteroatoms. The number of carbonyl (C=O) groups excluding carboxylic acids is 2. The number of nitrogens with one attached hydrogen (secondary N) is 2. The van der Waals surface area contributed by atoms with E-state index in [-0.39, 0.29) is 12.6 Å². The van der Waals surface area contributed by atoms with Gasteiger partial charge in [-0.1, -0.05) is 6.07 Å². The molecule has 1 rings (SSSR count). The van der Waals surface area contributed by atoms with Crippen LogP contribution in [0.5, 0.6) is 0 Å². The molecule has 0 saturated heterocycles. The van der Waals surface area contributed by atoms with Crippen molar-refractivity contribution in [3.63, 3.8) is 0 Å². The van der Waals surface area contributed by atoms with Crippen molar-refractivity contribution in [1.82, 2.24) is 10.6 Å². The highest BCUT2D eigenvalue weighted by atomic mass is 32.1. The molecule has 4 N–H and O–H groups in total. The van der Waals surface area contributed by atoms with E-state index in [4.69, 9.17) is 5.73 Å². The van der Waals surface area contributed by atoms with Crippen LogP contribution in [-0.2, 0) is 11.2 Å². The van der Waals surface area contributed by atoms with Crippen LogP contribution in [0.1, 0.15) is 18.7 Å². The Labute approximate surface area is 111 Å². The molecule has 0 atom stereocenters. The predicted octanol–water partition coefficient (Wildman–Crippen LogP) is 1.10. The van der Waals surface area contributed by atoms with E-state index < -0.39 is 11.3 Å². The van der Waals surface area contributed by atoms with Crippen molar-refractivity contribution < 1.29 is 9.59 Å². The van der Waals surface area contributed by atoms with E-state index in [2.05, 4.69) is 10.6 Å². The SMILES string of the molecule is CC(C)(CNC(=O)NCCc1cccs1)C(N)=O. The number of nitrogens with two attached hydrogens (primary N) is 1. The smallest absolute Gasteiger partial charge is 0.314 e. The summed E-state index contributed by atoms with van der Waals surface area (Å²) in [5.41, 5.74) is 4.48. The minimum Gasteiger partial charge on any atom is -0.369 e. The van der Waals surface area contributed by atoms with Crippen LogP contribution in [0.3, 0.4) is 0 Å². The molecule has 1 heterocycles. The molecular weight excluding hydrogens is 250 g/mol. The van der Waals surface area contributed by atoms with E-state index in [1.165, 1.54) is 4.88 Å². The molecule has 0 aliphatic rings. The Balaban J connectivity index is 2.20. The summed E-state index contributed by atoms with van der Waals surface area (Å²) in [6, 6.07) is 3.73. The van der Waals surface area contributed by atoms with Crippen LogP contribution in [0.25, 0.3) is 0 Å². The van der Waals surface area contributed by atoms with Gasteiger partial charge in [-0.15, -0.1) is 11.3 Å². The Bertz CT molecular complexity index is 401. The zero-order valence-corrected chi connectivity index (χ0v) is 11.5. The third-order valence-corrected chi connectivity index (χ3v) is 3.53. The molecular formula is C12H19N3O2S. The van der Waals surface area contributed by atoms with Crippen LogP contribution in [0, 0.1) is 5.41 Å². The zero-order chi connectivity index (χ0) is 13.6. The number of hydrogen-bond acceptors (Lipinski definition) is 3. The molecule has 3 amide bonds. The van der Waals surface area contributed by atoms with E-state index in [1.54, 1.807) is 25.2 Å². The molecule has 0 fully saturated rings. The van der Waals surface area contributed by atoms with Gasteiger partial charge >= 0.3 is 6.03 Å². The molecule has 0 radical (unpaired) electrons. The number of carbonyl (C=O) groups is 2. The van der Waals surface area contributed by atoms with Gasteiger partial charge < -0.3 is 16.4 Å². The van der Waals surface area contributed by atoms with Crippen LogP contribution in [-0.4, -0.2) is 25.0 Å². The van der Waals surface area contributed by atoms with Gasteiger partial charge in [-0.25, -0.2) is 4.79 Å². The Morgan fingerprint density at radius 3 is 2.67 bits per heavy atom. The summed E-state index contributed by atoms with van der Waals surface area (Å²) in [6.07, 6.45) is 0.810. The zero-order valence-electron chi connectivity index (χ0n) is 10.7.